The number of hydrogen-bond acceptors (Lipinski definition) is 4. The van der Waals surface area contributed by atoms with Gasteiger partial charge in [-0.2, -0.15) is 0 Å². The molecule has 2 aromatic carbocycles. The second-order valence-corrected chi connectivity index (χ2v) is 8.28. The van der Waals surface area contributed by atoms with Crippen molar-refractivity contribution in [2.45, 2.75) is 32.8 Å². The molecule has 1 fully saturated rings. The van der Waals surface area contributed by atoms with Gasteiger partial charge in [0, 0.05) is 32.0 Å². The molecule has 4 rings (SSSR count). The molecule has 3 aromatic rings. The SMILES string of the molecule is Cc1cccc(C)c1OC1CCN(C(=O)/C=C/c2nc3ccccc3s2)CC1. The summed E-state index contributed by atoms with van der Waals surface area (Å²) in [4.78, 5) is 19.0. The van der Waals surface area contributed by atoms with Crippen LogP contribution in [0, 0.1) is 13.8 Å². The highest BCUT2D eigenvalue weighted by atomic mass is 32.1. The molecule has 1 aliphatic heterocycles. The van der Waals surface area contributed by atoms with E-state index in [0.717, 1.165) is 58.0 Å². The molecule has 28 heavy (non-hydrogen) atoms. The normalized spacial score (nSPS) is 15.4. The topological polar surface area (TPSA) is 42.4 Å². The first-order valence-corrected chi connectivity index (χ1v) is 10.5. The van der Waals surface area contributed by atoms with Crippen molar-refractivity contribution < 1.29 is 9.53 Å². The number of amides is 1. The zero-order valence-corrected chi connectivity index (χ0v) is 17.0. The van der Waals surface area contributed by atoms with Gasteiger partial charge in [-0.05, 0) is 43.2 Å². The Labute approximate surface area is 169 Å². The molecule has 0 spiro atoms. The van der Waals surface area contributed by atoms with E-state index < -0.39 is 0 Å². The van der Waals surface area contributed by atoms with Crippen molar-refractivity contribution in [3.8, 4) is 5.75 Å². The summed E-state index contributed by atoms with van der Waals surface area (Å²) in [6.45, 7) is 5.60. The molecule has 0 N–H and O–H groups in total. The summed E-state index contributed by atoms with van der Waals surface area (Å²) in [5.74, 6) is 1.03. The fourth-order valence-corrected chi connectivity index (χ4v) is 4.43. The fourth-order valence-electron chi connectivity index (χ4n) is 3.56. The number of rotatable bonds is 4. The summed E-state index contributed by atoms with van der Waals surface area (Å²) in [5, 5.41) is 0.864. The molecule has 1 saturated heterocycles. The third kappa shape index (κ3) is 4.09. The third-order valence-corrected chi connectivity index (χ3v) is 6.13. The van der Waals surface area contributed by atoms with E-state index in [-0.39, 0.29) is 12.0 Å². The zero-order valence-electron chi connectivity index (χ0n) is 16.2. The second-order valence-electron chi connectivity index (χ2n) is 7.22. The van der Waals surface area contributed by atoms with Crippen LogP contribution < -0.4 is 4.74 Å². The van der Waals surface area contributed by atoms with Crippen molar-refractivity contribution in [1.82, 2.24) is 9.88 Å². The van der Waals surface area contributed by atoms with Crippen molar-refractivity contribution in [1.29, 1.82) is 0 Å². The van der Waals surface area contributed by atoms with Crippen molar-refractivity contribution in [3.63, 3.8) is 0 Å². The molecule has 0 unspecified atom stereocenters. The molecular formula is C23H24N2O2S. The Morgan fingerprint density at radius 1 is 1.11 bits per heavy atom. The highest BCUT2D eigenvalue weighted by Crippen LogP contribution is 2.27. The van der Waals surface area contributed by atoms with Crippen LogP contribution in [0.4, 0.5) is 0 Å². The summed E-state index contributed by atoms with van der Waals surface area (Å²) in [6, 6.07) is 14.2. The highest BCUT2D eigenvalue weighted by molar-refractivity contribution is 7.19. The maximum absolute atomic E-state index is 12.5. The van der Waals surface area contributed by atoms with E-state index in [1.54, 1.807) is 17.4 Å². The van der Waals surface area contributed by atoms with Gasteiger partial charge in [0.1, 0.15) is 16.9 Å². The van der Waals surface area contributed by atoms with Gasteiger partial charge in [-0.1, -0.05) is 30.3 Å². The van der Waals surface area contributed by atoms with Crippen LogP contribution in [0.2, 0.25) is 0 Å². The number of nitrogens with zero attached hydrogens (tertiary/aromatic N) is 2. The number of carbonyl (C=O) groups excluding carboxylic acids is 1. The van der Waals surface area contributed by atoms with Gasteiger partial charge in [-0.3, -0.25) is 4.79 Å². The van der Waals surface area contributed by atoms with Crippen LogP contribution in [0.15, 0.2) is 48.5 Å². The number of para-hydroxylation sites is 2. The average molecular weight is 393 g/mol. The lowest BCUT2D eigenvalue weighted by Crippen LogP contribution is -2.41. The Morgan fingerprint density at radius 3 is 2.54 bits per heavy atom. The molecule has 2 heterocycles. The van der Waals surface area contributed by atoms with E-state index in [9.17, 15) is 4.79 Å². The predicted octanol–water partition coefficient (Wildman–Crippen LogP) is 5.00. The van der Waals surface area contributed by atoms with E-state index in [2.05, 4.69) is 37.0 Å². The number of ether oxygens (including phenoxy) is 1. The summed E-state index contributed by atoms with van der Waals surface area (Å²) >= 11 is 1.60. The van der Waals surface area contributed by atoms with Gasteiger partial charge in [0.05, 0.1) is 10.2 Å². The number of piperidine rings is 1. The van der Waals surface area contributed by atoms with E-state index in [1.807, 2.05) is 35.2 Å². The summed E-state index contributed by atoms with van der Waals surface area (Å²) < 4.78 is 7.38. The Hall–Kier alpha value is -2.66. The number of likely N-dealkylation sites (tertiary alicyclic amines) is 1. The molecule has 4 nitrogen and oxygen atoms in total. The minimum atomic E-state index is 0.0461. The van der Waals surface area contributed by atoms with Crippen LogP contribution >= 0.6 is 11.3 Å². The van der Waals surface area contributed by atoms with E-state index in [1.165, 1.54) is 0 Å². The summed E-state index contributed by atoms with van der Waals surface area (Å²) in [6.07, 6.45) is 5.34. The smallest absolute Gasteiger partial charge is 0.246 e. The molecule has 144 valence electrons. The van der Waals surface area contributed by atoms with Crippen LogP contribution in [0.3, 0.4) is 0 Å². The third-order valence-electron chi connectivity index (χ3n) is 5.13. The van der Waals surface area contributed by atoms with Crippen LogP contribution in [0.25, 0.3) is 16.3 Å². The molecule has 0 radical (unpaired) electrons. The molecule has 5 heteroatoms. The van der Waals surface area contributed by atoms with Crippen LogP contribution in [0.1, 0.15) is 29.0 Å². The average Bonchev–Trinajstić information content (AvgIpc) is 3.12. The van der Waals surface area contributed by atoms with Crippen molar-refractivity contribution in [2.24, 2.45) is 0 Å². The lowest BCUT2D eigenvalue weighted by atomic mass is 10.1. The van der Waals surface area contributed by atoms with Gasteiger partial charge in [-0.25, -0.2) is 4.98 Å². The first kappa shape index (κ1) is 18.7. The number of carbonyl (C=O) groups is 1. The summed E-state index contributed by atoms with van der Waals surface area (Å²) in [5.41, 5.74) is 3.30. The monoisotopic (exact) mass is 392 g/mol. The van der Waals surface area contributed by atoms with Crippen LogP contribution in [-0.2, 0) is 4.79 Å². The maximum Gasteiger partial charge on any atom is 0.246 e. The largest absolute Gasteiger partial charge is 0.490 e. The van der Waals surface area contributed by atoms with E-state index in [4.69, 9.17) is 4.74 Å². The van der Waals surface area contributed by atoms with Crippen LogP contribution in [-0.4, -0.2) is 35.0 Å². The number of hydrogen-bond donors (Lipinski definition) is 0. The molecule has 0 aliphatic carbocycles. The molecule has 1 amide bonds. The van der Waals surface area contributed by atoms with Gasteiger partial charge < -0.3 is 9.64 Å². The second kappa shape index (κ2) is 8.15. The number of thiazole rings is 1. The first-order chi connectivity index (χ1) is 13.6. The van der Waals surface area contributed by atoms with Crippen LogP contribution in [0.5, 0.6) is 5.75 Å². The van der Waals surface area contributed by atoms with E-state index in [0.29, 0.717) is 0 Å². The van der Waals surface area contributed by atoms with Crippen molar-refractivity contribution in [2.75, 3.05) is 13.1 Å². The standard InChI is InChI=1S/C23H24N2O2S/c1-16-6-5-7-17(2)23(16)27-18-12-14-25(15-13-18)22(26)11-10-21-24-19-8-3-4-9-20(19)28-21/h3-11,18H,12-15H2,1-2H3/b11-10+. The van der Waals surface area contributed by atoms with Gasteiger partial charge in [0.15, 0.2) is 0 Å². The van der Waals surface area contributed by atoms with Gasteiger partial charge in [0.2, 0.25) is 5.91 Å². The molecule has 1 aliphatic rings. The number of benzene rings is 2. The molecule has 0 bridgehead atoms. The van der Waals surface area contributed by atoms with Gasteiger partial charge in [-0.15, -0.1) is 11.3 Å². The highest BCUT2D eigenvalue weighted by Gasteiger charge is 2.23. The Balaban J connectivity index is 1.33. The quantitative estimate of drug-likeness (QED) is 0.587. The Kier molecular flexibility index (Phi) is 5.44. The minimum absolute atomic E-state index is 0.0461. The number of aromatic nitrogens is 1. The fraction of sp³-hybridized carbons (Fsp3) is 0.304. The predicted molar refractivity (Wildman–Crippen MR) is 115 cm³/mol. The minimum Gasteiger partial charge on any atom is -0.490 e. The lowest BCUT2D eigenvalue weighted by Gasteiger charge is -2.32. The molecule has 0 saturated carbocycles. The Morgan fingerprint density at radius 2 is 1.82 bits per heavy atom. The maximum atomic E-state index is 12.5. The molecule has 0 atom stereocenters. The number of fused-ring (bicyclic) bond motifs is 1. The van der Waals surface area contributed by atoms with E-state index >= 15 is 0 Å². The summed E-state index contributed by atoms with van der Waals surface area (Å²) in [7, 11) is 0. The Bertz CT molecular complexity index is 963. The number of aryl methyl sites for hydroxylation is 2. The van der Waals surface area contributed by atoms with Gasteiger partial charge in [0.25, 0.3) is 0 Å². The molecular weight excluding hydrogens is 368 g/mol. The first-order valence-electron chi connectivity index (χ1n) is 9.65. The van der Waals surface area contributed by atoms with Gasteiger partial charge >= 0.3 is 0 Å². The molecule has 1 aromatic heterocycles. The zero-order chi connectivity index (χ0) is 19.5. The van der Waals surface area contributed by atoms with Crippen molar-refractivity contribution >= 4 is 33.5 Å². The lowest BCUT2D eigenvalue weighted by molar-refractivity contribution is -0.127. The van der Waals surface area contributed by atoms with Crippen molar-refractivity contribution in [3.05, 3.63) is 64.7 Å².